The van der Waals surface area contributed by atoms with Crippen LogP contribution in [0.25, 0.3) is 0 Å². The SMILES string of the molecule is O=C(Nc1ccc(C(=O)O)c([O-])c1)c1cccc(Cl)c1. The lowest BCUT2D eigenvalue weighted by molar-refractivity contribution is -0.268. The van der Waals surface area contributed by atoms with E-state index in [2.05, 4.69) is 5.32 Å². The number of carboxylic acid groups (broad SMARTS) is 1. The maximum Gasteiger partial charge on any atom is 0.335 e. The lowest BCUT2D eigenvalue weighted by Crippen LogP contribution is -2.12. The Morgan fingerprint density at radius 2 is 1.90 bits per heavy atom. The Bertz CT molecular complexity index is 685. The number of anilines is 1. The van der Waals surface area contributed by atoms with Gasteiger partial charge in [0.15, 0.2) is 0 Å². The highest BCUT2D eigenvalue weighted by molar-refractivity contribution is 6.31. The van der Waals surface area contributed by atoms with E-state index in [1.165, 1.54) is 12.1 Å². The Hall–Kier alpha value is -2.53. The van der Waals surface area contributed by atoms with Gasteiger partial charge in [-0.25, -0.2) is 4.79 Å². The fraction of sp³-hybridized carbons (Fsp3) is 0. The smallest absolute Gasteiger partial charge is 0.335 e. The number of aromatic carboxylic acids is 1. The van der Waals surface area contributed by atoms with Gasteiger partial charge in [-0.3, -0.25) is 4.79 Å². The van der Waals surface area contributed by atoms with Crippen LogP contribution in [0.1, 0.15) is 20.7 Å². The molecule has 0 saturated carbocycles. The molecular formula is C14H9ClNO4-. The van der Waals surface area contributed by atoms with E-state index in [1.54, 1.807) is 18.2 Å². The summed E-state index contributed by atoms with van der Waals surface area (Å²) in [5, 5.41) is 23.2. The summed E-state index contributed by atoms with van der Waals surface area (Å²) in [6.45, 7) is 0. The lowest BCUT2D eigenvalue weighted by Gasteiger charge is -2.13. The zero-order valence-electron chi connectivity index (χ0n) is 10.1. The summed E-state index contributed by atoms with van der Waals surface area (Å²) in [5.41, 5.74) is 0.225. The largest absolute Gasteiger partial charge is 0.872 e. The number of nitrogens with one attached hydrogen (secondary N) is 1. The maximum absolute atomic E-state index is 11.9. The number of hydrogen-bond acceptors (Lipinski definition) is 3. The fourth-order valence-electron chi connectivity index (χ4n) is 1.61. The van der Waals surface area contributed by atoms with E-state index in [4.69, 9.17) is 16.7 Å². The summed E-state index contributed by atoms with van der Waals surface area (Å²) in [7, 11) is 0. The molecular weight excluding hydrogens is 282 g/mol. The van der Waals surface area contributed by atoms with E-state index in [-0.39, 0.29) is 11.3 Å². The van der Waals surface area contributed by atoms with Gasteiger partial charge in [0.05, 0.1) is 5.56 Å². The van der Waals surface area contributed by atoms with Crippen molar-refractivity contribution in [1.82, 2.24) is 0 Å². The van der Waals surface area contributed by atoms with E-state index < -0.39 is 17.6 Å². The second-order valence-corrected chi connectivity index (χ2v) is 4.42. The summed E-state index contributed by atoms with van der Waals surface area (Å²) in [6.07, 6.45) is 0. The van der Waals surface area contributed by atoms with Crippen LogP contribution < -0.4 is 10.4 Å². The van der Waals surface area contributed by atoms with Crippen molar-refractivity contribution >= 4 is 29.2 Å². The van der Waals surface area contributed by atoms with Crippen molar-refractivity contribution in [3.63, 3.8) is 0 Å². The molecule has 0 radical (unpaired) electrons. The molecule has 0 spiro atoms. The van der Waals surface area contributed by atoms with Gasteiger partial charge >= 0.3 is 5.97 Å². The molecule has 0 aromatic heterocycles. The van der Waals surface area contributed by atoms with Crippen LogP contribution >= 0.6 is 11.6 Å². The first-order valence-corrected chi connectivity index (χ1v) is 5.96. The average molecular weight is 291 g/mol. The molecule has 20 heavy (non-hydrogen) atoms. The van der Waals surface area contributed by atoms with Crippen LogP contribution in [0.3, 0.4) is 0 Å². The molecule has 0 fully saturated rings. The third kappa shape index (κ3) is 3.07. The van der Waals surface area contributed by atoms with Gasteiger partial charge in [-0.1, -0.05) is 23.4 Å². The summed E-state index contributed by atoms with van der Waals surface area (Å²) in [5.74, 6) is -2.40. The molecule has 0 unspecified atom stereocenters. The van der Waals surface area contributed by atoms with Gasteiger partial charge in [-0.2, -0.15) is 0 Å². The number of hydrogen-bond donors (Lipinski definition) is 2. The van der Waals surface area contributed by atoms with Crippen molar-refractivity contribution in [3.8, 4) is 5.75 Å². The molecule has 2 aromatic rings. The van der Waals surface area contributed by atoms with Crippen LogP contribution in [0.5, 0.6) is 5.75 Å². The molecule has 0 aliphatic heterocycles. The molecule has 2 aromatic carbocycles. The van der Waals surface area contributed by atoms with Crippen molar-refractivity contribution in [1.29, 1.82) is 0 Å². The van der Waals surface area contributed by atoms with E-state index in [0.717, 1.165) is 12.1 Å². The van der Waals surface area contributed by atoms with Crippen molar-refractivity contribution in [2.75, 3.05) is 5.32 Å². The fourth-order valence-corrected chi connectivity index (χ4v) is 1.80. The van der Waals surface area contributed by atoms with Crippen LogP contribution in [0.2, 0.25) is 5.02 Å². The van der Waals surface area contributed by atoms with Crippen LogP contribution in [-0.4, -0.2) is 17.0 Å². The van der Waals surface area contributed by atoms with Gasteiger partial charge < -0.3 is 15.5 Å². The number of carbonyl (C=O) groups excluding carboxylic acids is 1. The van der Waals surface area contributed by atoms with Crippen molar-refractivity contribution in [2.45, 2.75) is 0 Å². The molecule has 2 N–H and O–H groups in total. The summed E-state index contributed by atoms with van der Waals surface area (Å²) in [4.78, 5) is 22.6. The number of benzene rings is 2. The molecule has 1 amide bonds. The number of rotatable bonds is 3. The summed E-state index contributed by atoms with van der Waals surface area (Å²) >= 11 is 5.78. The molecule has 0 bridgehead atoms. The van der Waals surface area contributed by atoms with E-state index in [1.807, 2.05) is 0 Å². The molecule has 5 nitrogen and oxygen atoms in total. The third-order valence-corrected chi connectivity index (χ3v) is 2.79. The van der Waals surface area contributed by atoms with Gasteiger partial charge in [0.25, 0.3) is 5.91 Å². The highest BCUT2D eigenvalue weighted by Crippen LogP contribution is 2.20. The molecule has 6 heteroatoms. The van der Waals surface area contributed by atoms with Crippen molar-refractivity contribution < 1.29 is 19.8 Å². The van der Waals surface area contributed by atoms with Gasteiger partial charge in [-0.05, 0) is 36.4 Å². The molecule has 2 rings (SSSR count). The predicted molar refractivity (Wildman–Crippen MR) is 72.3 cm³/mol. The van der Waals surface area contributed by atoms with Gasteiger partial charge in [0.2, 0.25) is 0 Å². The minimum absolute atomic E-state index is 0.227. The molecule has 0 atom stereocenters. The van der Waals surface area contributed by atoms with E-state index >= 15 is 0 Å². The van der Waals surface area contributed by atoms with E-state index in [0.29, 0.717) is 10.6 Å². The first kappa shape index (κ1) is 13.9. The Morgan fingerprint density at radius 1 is 1.15 bits per heavy atom. The van der Waals surface area contributed by atoms with Crippen molar-refractivity contribution in [2.24, 2.45) is 0 Å². The Kier molecular flexibility index (Phi) is 3.91. The van der Waals surface area contributed by atoms with Crippen LogP contribution in [-0.2, 0) is 0 Å². The first-order valence-electron chi connectivity index (χ1n) is 5.58. The maximum atomic E-state index is 11.9. The monoisotopic (exact) mass is 290 g/mol. The topological polar surface area (TPSA) is 89.5 Å². The minimum Gasteiger partial charge on any atom is -0.872 e. The van der Waals surface area contributed by atoms with E-state index in [9.17, 15) is 14.7 Å². The highest BCUT2D eigenvalue weighted by atomic mass is 35.5. The van der Waals surface area contributed by atoms with Gasteiger partial charge in [0, 0.05) is 16.3 Å². The highest BCUT2D eigenvalue weighted by Gasteiger charge is 2.08. The Labute approximate surface area is 119 Å². The standard InChI is InChI=1S/C14H10ClNO4/c15-9-3-1-2-8(6-9)13(18)16-10-4-5-11(14(19)20)12(17)7-10/h1-7,17H,(H,16,18)(H,19,20)/p-1. The number of amides is 1. The zero-order valence-corrected chi connectivity index (χ0v) is 10.8. The normalized spacial score (nSPS) is 10.1. The van der Waals surface area contributed by atoms with Gasteiger partial charge in [-0.15, -0.1) is 0 Å². The van der Waals surface area contributed by atoms with Crippen molar-refractivity contribution in [3.05, 3.63) is 58.6 Å². The minimum atomic E-state index is -1.30. The zero-order chi connectivity index (χ0) is 14.7. The second-order valence-electron chi connectivity index (χ2n) is 3.98. The molecule has 0 aliphatic rings. The number of carbonyl (C=O) groups is 2. The Balaban J connectivity index is 2.20. The third-order valence-electron chi connectivity index (χ3n) is 2.56. The molecule has 0 aliphatic carbocycles. The van der Waals surface area contributed by atoms with Crippen LogP contribution in [0, 0.1) is 0 Å². The summed E-state index contributed by atoms with van der Waals surface area (Å²) < 4.78 is 0. The number of halogens is 1. The second kappa shape index (κ2) is 5.63. The lowest BCUT2D eigenvalue weighted by atomic mass is 10.1. The molecule has 0 saturated heterocycles. The van der Waals surface area contributed by atoms with Crippen LogP contribution in [0.4, 0.5) is 5.69 Å². The Morgan fingerprint density at radius 3 is 2.50 bits per heavy atom. The summed E-state index contributed by atoms with van der Waals surface area (Å²) in [6, 6.07) is 9.89. The molecule has 102 valence electrons. The average Bonchev–Trinajstić information content (AvgIpc) is 2.38. The first-order chi connectivity index (χ1) is 9.47. The molecule has 0 heterocycles. The van der Waals surface area contributed by atoms with Crippen LogP contribution in [0.15, 0.2) is 42.5 Å². The predicted octanol–water partition coefficient (Wildman–Crippen LogP) is 2.36. The van der Waals surface area contributed by atoms with Gasteiger partial charge in [0.1, 0.15) is 0 Å². The number of carboxylic acids is 1. The quantitative estimate of drug-likeness (QED) is 0.908.